The summed E-state index contributed by atoms with van der Waals surface area (Å²) >= 11 is 5.89. The van der Waals surface area contributed by atoms with E-state index in [9.17, 15) is 5.11 Å². The van der Waals surface area contributed by atoms with Gasteiger partial charge in [0.1, 0.15) is 0 Å². The SMILES string of the molecule is CCCOc1nc(Cl)nc(N2CCCC(C)(O)C2)n1. The first-order valence-electron chi connectivity index (χ1n) is 6.52. The fourth-order valence-electron chi connectivity index (χ4n) is 2.11. The number of hydrogen-bond donors (Lipinski definition) is 1. The van der Waals surface area contributed by atoms with Crippen LogP contribution in [0.3, 0.4) is 0 Å². The van der Waals surface area contributed by atoms with E-state index in [1.807, 2.05) is 18.7 Å². The van der Waals surface area contributed by atoms with Crippen molar-refractivity contribution in [1.82, 2.24) is 15.0 Å². The zero-order chi connectivity index (χ0) is 13.9. The average molecular weight is 287 g/mol. The molecule has 1 saturated heterocycles. The summed E-state index contributed by atoms with van der Waals surface area (Å²) in [5, 5.41) is 10.2. The standard InChI is InChI=1S/C12H19ClN4O2/c1-3-7-19-11-15-9(13)14-10(16-11)17-6-4-5-12(2,18)8-17/h18H,3-8H2,1-2H3. The van der Waals surface area contributed by atoms with Crippen LogP contribution in [-0.2, 0) is 0 Å². The molecular weight excluding hydrogens is 268 g/mol. The van der Waals surface area contributed by atoms with Crippen LogP contribution in [-0.4, -0.2) is 45.4 Å². The number of halogens is 1. The minimum atomic E-state index is -0.720. The zero-order valence-corrected chi connectivity index (χ0v) is 12.0. The monoisotopic (exact) mass is 286 g/mol. The van der Waals surface area contributed by atoms with Gasteiger partial charge in [0, 0.05) is 13.1 Å². The normalized spacial score (nSPS) is 23.5. The third-order valence-corrected chi connectivity index (χ3v) is 3.14. The molecule has 7 heteroatoms. The molecule has 0 radical (unpaired) electrons. The Morgan fingerprint density at radius 2 is 2.21 bits per heavy atom. The summed E-state index contributed by atoms with van der Waals surface area (Å²) in [6.45, 7) is 5.64. The van der Waals surface area contributed by atoms with Crippen molar-refractivity contribution < 1.29 is 9.84 Å². The Balaban J connectivity index is 2.16. The third kappa shape index (κ3) is 3.91. The minimum absolute atomic E-state index is 0.112. The van der Waals surface area contributed by atoms with Crippen molar-refractivity contribution in [3.63, 3.8) is 0 Å². The van der Waals surface area contributed by atoms with Gasteiger partial charge in [-0.25, -0.2) is 0 Å². The molecule has 1 atom stereocenters. The highest BCUT2D eigenvalue weighted by Gasteiger charge is 2.30. The van der Waals surface area contributed by atoms with Gasteiger partial charge in [0.2, 0.25) is 11.2 Å². The van der Waals surface area contributed by atoms with Crippen LogP contribution in [0.25, 0.3) is 0 Å². The largest absolute Gasteiger partial charge is 0.463 e. The number of nitrogens with zero attached hydrogens (tertiary/aromatic N) is 4. The van der Waals surface area contributed by atoms with Gasteiger partial charge in [-0.05, 0) is 37.8 Å². The van der Waals surface area contributed by atoms with Crippen LogP contribution in [0.2, 0.25) is 5.28 Å². The molecule has 2 rings (SSSR count). The molecule has 0 aromatic carbocycles. The fourth-order valence-corrected chi connectivity index (χ4v) is 2.26. The molecular formula is C12H19ClN4O2. The lowest BCUT2D eigenvalue weighted by molar-refractivity contribution is 0.0444. The second kappa shape index (κ2) is 5.88. The minimum Gasteiger partial charge on any atom is -0.463 e. The maximum Gasteiger partial charge on any atom is 0.322 e. The molecule has 0 saturated carbocycles. The number of aromatic nitrogens is 3. The summed E-state index contributed by atoms with van der Waals surface area (Å²) in [4.78, 5) is 14.2. The first-order valence-corrected chi connectivity index (χ1v) is 6.90. The van der Waals surface area contributed by atoms with Gasteiger partial charge >= 0.3 is 6.01 Å². The van der Waals surface area contributed by atoms with Crippen molar-refractivity contribution in [2.45, 2.75) is 38.7 Å². The van der Waals surface area contributed by atoms with Crippen LogP contribution in [0.1, 0.15) is 33.1 Å². The van der Waals surface area contributed by atoms with E-state index >= 15 is 0 Å². The Morgan fingerprint density at radius 1 is 1.42 bits per heavy atom. The Labute approximate surface area is 117 Å². The maximum atomic E-state index is 10.1. The molecule has 0 bridgehead atoms. The fraction of sp³-hybridized carbons (Fsp3) is 0.750. The van der Waals surface area contributed by atoms with Crippen molar-refractivity contribution in [2.75, 3.05) is 24.6 Å². The molecule has 1 unspecified atom stereocenters. The van der Waals surface area contributed by atoms with Crippen molar-refractivity contribution in [3.05, 3.63) is 5.28 Å². The average Bonchev–Trinajstić information content (AvgIpc) is 2.34. The summed E-state index contributed by atoms with van der Waals surface area (Å²) in [7, 11) is 0. The van der Waals surface area contributed by atoms with Gasteiger partial charge in [0.25, 0.3) is 0 Å². The van der Waals surface area contributed by atoms with Gasteiger partial charge < -0.3 is 14.7 Å². The third-order valence-electron chi connectivity index (χ3n) is 2.97. The van der Waals surface area contributed by atoms with Gasteiger partial charge in [0.15, 0.2) is 0 Å². The Hall–Kier alpha value is -1.14. The second-order valence-electron chi connectivity index (χ2n) is 5.06. The van der Waals surface area contributed by atoms with E-state index < -0.39 is 5.60 Å². The van der Waals surface area contributed by atoms with Gasteiger partial charge in [-0.2, -0.15) is 15.0 Å². The van der Waals surface area contributed by atoms with Crippen LogP contribution < -0.4 is 9.64 Å². The summed E-state index contributed by atoms with van der Waals surface area (Å²) < 4.78 is 5.38. The van der Waals surface area contributed by atoms with E-state index in [2.05, 4.69) is 15.0 Å². The van der Waals surface area contributed by atoms with Crippen molar-refractivity contribution >= 4 is 17.5 Å². The lowest BCUT2D eigenvalue weighted by atomic mass is 9.95. The van der Waals surface area contributed by atoms with Gasteiger partial charge in [0.05, 0.1) is 12.2 Å². The molecule has 1 fully saturated rings. The Kier molecular flexibility index (Phi) is 4.42. The molecule has 19 heavy (non-hydrogen) atoms. The predicted molar refractivity (Wildman–Crippen MR) is 72.7 cm³/mol. The second-order valence-corrected chi connectivity index (χ2v) is 5.40. The van der Waals surface area contributed by atoms with E-state index in [0.29, 0.717) is 19.1 Å². The van der Waals surface area contributed by atoms with E-state index in [0.717, 1.165) is 25.8 Å². The molecule has 1 aromatic rings. The van der Waals surface area contributed by atoms with Crippen LogP contribution in [0.15, 0.2) is 0 Å². The molecule has 0 aliphatic carbocycles. The van der Waals surface area contributed by atoms with Crippen LogP contribution >= 0.6 is 11.6 Å². The quantitative estimate of drug-likeness (QED) is 0.908. The van der Waals surface area contributed by atoms with Gasteiger partial charge in [-0.15, -0.1) is 0 Å². The topological polar surface area (TPSA) is 71.4 Å². The summed E-state index contributed by atoms with van der Waals surface area (Å²) in [5.74, 6) is 0.464. The first kappa shape index (κ1) is 14.3. The van der Waals surface area contributed by atoms with Gasteiger partial charge in [-0.3, -0.25) is 0 Å². The maximum absolute atomic E-state index is 10.1. The van der Waals surface area contributed by atoms with Crippen LogP contribution in [0, 0.1) is 0 Å². The number of rotatable bonds is 4. The molecule has 106 valence electrons. The lowest BCUT2D eigenvalue weighted by Gasteiger charge is -2.36. The molecule has 6 nitrogen and oxygen atoms in total. The summed E-state index contributed by atoms with van der Waals surface area (Å²) in [5.41, 5.74) is -0.720. The molecule has 1 N–H and O–H groups in total. The number of piperidine rings is 1. The highest BCUT2D eigenvalue weighted by atomic mass is 35.5. The molecule has 1 aliphatic rings. The van der Waals surface area contributed by atoms with Crippen molar-refractivity contribution in [1.29, 1.82) is 0 Å². The number of anilines is 1. The van der Waals surface area contributed by atoms with E-state index in [4.69, 9.17) is 16.3 Å². The van der Waals surface area contributed by atoms with Crippen LogP contribution in [0.5, 0.6) is 6.01 Å². The molecule has 1 aliphatic heterocycles. The smallest absolute Gasteiger partial charge is 0.322 e. The number of aliphatic hydroxyl groups is 1. The lowest BCUT2D eigenvalue weighted by Crippen LogP contribution is -2.46. The number of β-amino-alcohol motifs (C(OH)–C–C–N with tert-alkyl or cyclic N) is 1. The van der Waals surface area contributed by atoms with Crippen molar-refractivity contribution in [2.24, 2.45) is 0 Å². The highest BCUT2D eigenvalue weighted by molar-refractivity contribution is 6.28. The molecule has 0 spiro atoms. The molecule has 1 aromatic heterocycles. The number of hydrogen-bond acceptors (Lipinski definition) is 6. The van der Waals surface area contributed by atoms with E-state index in [1.54, 1.807) is 0 Å². The van der Waals surface area contributed by atoms with Crippen molar-refractivity contribution in [3.8, 4) is 6.01 Å². The Morgan fingerprint density at radius 3 is 2.89 bits per heavy atom. The molecule has 0 amide bonds. The van der Waals surface area contributed by atoms with E-state index in [1.165, 1.54) is 0 Å². The zero-order valence-electron chi connectivity index (χ0n) is 11.3. The highest BCUT2D eigenvalue weighted by Crippen LogP contribution is 2.24. The summed E-state index contributed by atoms with van der Waals surface area (Å²) in [6, 6.07) is 0.238. The first-order chi connectivity index (χ1) is 9.00. The van der Waals surface area contributed by atoms with Gasteiger partial charge in [-0.1, -0.05) is 6.92 Å². The van der Waals surface area contributed by atoms with Crippen LogP contribution in [0.4, 0.5) is 5.95 Å². The Bertz CT molecular complexity index is 442. The number of ether oxygens (including phenoxy) is 1. The van der Waals surface area contributed by atoms with E-state index in [-0.39, 0.29) is 11.3 Å². The summed E-state index contributed by atoms with van der Waals surface area (Å²) in [6.07, 6.45) is 2.54. The molecule has 2 heterocycles. The predicted octanol–water partition coefficient (Wildman–Crippen LogP) is 1.66.